The number of ether oxygens (including phenoxy) is 2. The van der Waals surface area contributed by atoms with Crippen LogP contribution in [0.15, 0.2) is 71.6 Å². The topological polar surface area (TPSA) is 128 Å². The zero-order valence-electron chi connectivity index (χ0n) is 20.5. The average molecular weight is 534 g/mol. The molecule has 0 radical (unpaired) electrons. The highest BCUT2D eigenvalue weighted by Gasteiger charge is 2.36. The van der Waals surface area contributed by atoms with Crippen LogP contribution in [0.2, 0.25) is 0 Å². The second-order valence-electron chi connectivity index (χ2n) is 8.27. The maximum absolute atomic E-state index is 12.9. The number of nitro benzene ring substituents is 1. The normalized spacial score (nSPS) is 14.1. The van der Waals surface area contributed by atoms with Gasteiger partial charge in [0, 0.05) is 17.3 Å². The third-order valence-electron chi connectivity index (χ3n) is 5.57. The summed E-state index contributed by atoms with van der Waals surface area (Å²) in [4.78, 5) is 49.6. The summed E-state index contributed by atoms with van der Waals surface area (Å²) >= 11 is 0.747. The lowest BCUT2D eigenvalue weighted by Crippen LogP contribution is -2.27. The summed E-state index contributed by atoms with van der Waals surface area (Å²) in [6.45, 7) is 1.50. The number of carbonyl (C=O) groups is 3. The number of hydrogen-bond acceptors (Lipinski definition) is 8. The fourth-order valence-corrected chi connectivity index (χ4v) is 4.49. The summed E-state index contributed by atoms with van der Waals surface area (Å²) in [5.74, 6) is -0.230. The van der Waals surface area contributed by atoms with E-state index in [1.54, 1.807) is 36.4 Å². The maximum atomic E-state index is 12.9. The number of hydrogen-bond donors (Lipinski definition) is 1. The minimum Gasteiger partial charge on any atom is -0.493 e. The Hall–Kier alpha value is -4.64. The van der Waals surface area contributed by atoms with Crippen molar-refractivity contribution in [3.63, 3.8) is 0 Å². The molecule has 1 heterocycles. The average Bonchev–Trinajstić information content (AvgIpc) is 3.16. The molecule has 1 fully saturated rings. The van der Waals surface area contributed by atoms with Gasteiger partial charge in [0.1, 0.15) is 0 Å². The molecule has 0 aliphatic carbocycles. The van der Waals surface area contributed by atoms with Crippen LogP contribution in [0.5, 0.6) is 11.5 Å². The van der Waals surface area contributed by atoms with E-state index in [0.29, 0.717) is 22.7 Å². The second kappa shape index (κ2) is 11.6. The van der Waals surface area contributed by atoms with Crippen LogP contribution in [0.1, 0.15) is 16.7 Å². The maximum Gasteiger partial charge on any atom is 0.293 e. The molecule has 1 saturated heterocycles. The molecule has 4 rings (SSSR count). The molecule has 10 nitrogen and oxygen atoms in total. The van der Waals surface area contributed by atoms with Crippen molar-refractivity contribution < 1.29 is 28.8 Å². The van der Waals surface area contributed by atoms with Crippen molar-refractivity contribution >= 4 is 46.3 Å². The first-order valence-electron chi connectivity index (χ1n) is 11.4. The zero-order valence-corrected chi connectivity index (χ0v) is 21.3. The Morgan fingerprint density at radius 1 is 1.08 bits per heavy atom. The molecule has 11 heteroatoms. The number of nitro groups is 1. The number of anilines is 1. The van der Waals surface area contributed by atoms with Crippen molar-refractivity contribution in [1.82, 2.24) is 4.90 Å². The van der Waals surface area contributed by atoms with Crippen molar-refractivity contribution in [3.8, 4) is 11.5 Å². The first kappa shape index (κ1) is 26.4. The minimum absolute atomic E-state index is 0.164. The van der Waals surface area contributed by atoms with E-state index in [1.807, 2.05) is 19.1 Å². The van der Waals surface area contributed by atoms with E-state index >= 15 is 0 Å². The van der Waals surface area contributed by atoms with Gasteiger partial charge in [0.2, 0.25) is 0 Å². The molecule has 0 spiro atoms. The third-order valence-corrected chi connectivity index (χ3v) is 6.48. The van der Waals surface area contributed by atoms with Gasteiger partial charge in [0.05, 0.1) is 23.5 Å². The van der Waals surface area contributed by atoms with Gasteiger partial charge < -0.3 is 14.8 Å². The van der Waals surface area contributed by atoms with Gasteiger partial charge in [-0.3, -0.25) is 29.4 Å². The van der Waals surface area contributed by atoms with E-state index in [1.165, 1.54) is 31.4 Å². The summed E-state index contributed by atoms with van der Waals surface area (Å²) in [7, 11) is 1.44. The number of aryl methyl sites for hydroxylation is 1. The first-order valence-corrected chi connectivity index (χ1v) is 12.2. The molecule has 0 atom stereocenters. The number of para-hydroxylation sites is 1. The van der Waals surface area contributed by atoms with Crippen molar-refractivity contribution in [2.75, 3.05) is 19.0 Å². The Morgan fingerprint density at radius 2 is 1.82 bits per heavy atom. The SMILES string of the molecule is COc1cc(/C=C2\SC(=O)N(Cc3ccccc3[N+](=O)[O-])C2=O)ccc1OCC(=O)Nc1ccc(C)cc1. The Balaban J connectivity index is 1.43. The second-order valence-corrected chi connectivity index (χ2v) is 9.26. The molecule has 38 heavy (non-hydrogen) atoms. The molecular weight excluding hydrogens is 510 g/mol. The predicted molar refractivity (Wildman–Crippen MR) is 143 cm³/mol. The van der Waals surface area contributed by atoms with Crippen molar-refractivity contribution in [2.24, 2.45) is 0 Å². The molecule has 1 aliphatic heterocycles. The van der Waals surface area contributed by atoms with Gasteiger partial charge in [-0.2, -0.15) is 0 Å². The lowest BCUT2D eigenvalue weighted by atomic mass is 10.1. The number of benzene rings is 3. The lowest BCUT2D eigenvalue weighted by Gasteiger charge is -2.13. The van der Waals surface area contributed by atoms with Crippen LogP contribution in [0, 0.1) is 17.0 Å². The number of nitrogens with zero attached hydrogens (tertiary/aromatic N) is 2. The van der Waals surface area contributed by atoms with E-state index in [2.05, 4.69) is 5.32 Å². The highest BCUT2D eigenvalue weighted by atomic mass is 32.2. The molecular formula is C27H23N3O7S. The number of carbonyl (C=O) groups excluding carboxylic acids is 3. The van der Waals surface area contributed by atoms with E-state index in [4.69, 9.17) is 9.47 Å². The molecule has 3 amide bonds. The summed E-state index contributed by atoms with van der Waals surface area (Å²) in [5, 5.41) is 13.5. The molecule has 3 aromatic carbocycles. The number of thioether (sulfide) groups is 1. The van der Waals surface area contributed by atoms with Crippen LogP contribution >= 0.6 is 11.8 Å². The van der Waals surface area contributed by atoms with Crippen LogP contribution in [0.4, 0.5) is 16.2 Å². The van der Waals surface area contributed by atoms with Gasteiger partial charge in [-0.05, 0) is 54.6 Å². The third kappa shape index (κ3) is 6.19. The summed E-state index contributed by atoms with van der Waals surface area (Å²) in [6, 6.07) is 18.2. The molecule has 0 bridgehead atoms. The number of rotatable bonds is 9. The van der Waals surface area contributed by atoms with Crippen LogP contribution in [-0.2, 0) is 16.1 Å². The van der Waals surface area contributed by atoms with Crippen LogP contribution in [-0.4, -0.2) is 40.6 Å². The van der Waals surface area contributed by atoms with Crippen LogP contribution in [0.25, 0.3) is 6.08 Å². The van der Waals surface area contributed by atoms with Gasteiger partial charge in [-0.15, -0.1) is 0 Å². The van der Waals surface area contributed by atoms with E-state index in [0.717, 1.165) is 22.2 Å². The van der Waals surface area contributed by atoms with Crippen molar-refractivity contribution in [3.05, 3.63) is 98.4 Å². The van der Waals surface area contributed by atoms with Crippen LogP contribution < -0.4 is 14.8 Å². The minimum atomic E-state index is -0.551. The summed E-state index contributed by atoms with van der Waals surface area (Å²) in [6.07, 6.45) is 1.53. The molecule has 3 aromatic rings. The van der Waals surface area contributed by atoms with Crippen molar-refractivity contribution in [1.29, 1.82) is 0 Å². The predicted octanol–water partition coefficient (Wildman–Crippen LogP) is 5.17. The standard InChI is InChI=1S/C27H23N3O7S/c1-17-7-10-20(11-8-17)28-25(31)16-37-22-12-9-18(13-23(22)36-2)14-24-26(32)29(27(33)38-24)15-19-5-3-4-6-21(19)30(34)35/h3-14H,15-16H2,1-2H3,(H,28,31)/b24-14-. The van der Waals surface area contributed by atoms with E-state index in [9.17, 15) is 24.5 Å². The van der Waals surface area contributed by atoms with Gasteiger partial charge in [0.15, 0.2) is 18.1 Å². The Bertz CT molecular complexity index is 1440. The molecule has 0 saturated carbocycles. The summed E-state index contributed by atoms with van der Waals surface area (Å²) < 4.78 is 11.0. The molecule has 1 N–H and O–H groups in total. The Kier molecular flexibility index (Phi) is 8.07. The van der Waals surface area contributed by atoms with Crippen LogP contribution in [0.3, 0.4) is 0 Å². The van der Waals surface area contributed by atoms with E-state index < -0.39 is 16.1 Å². The zero-order chi connectivity index (χ0) is 27.2. The Labute approximate surface area is 222 Å². The molecule has 0 unspecified atom stereocenters. The highest BCUT2D eigenvalue weighted by Crippen LogP contribution is 2.36. The van der Waals surface area contributed by atoms with Gasteiger partial charge in [-0.1, -0.05) is 42.0 Å². The number of amides is 3. The molecule has 0 aromatic heterocycles. The summed E-state index contributed by atoms with van der Waals surface area (Å²) in [5.41, 5.74) is 2.39. The van der Waals surface area contributed by atoms with Gasteiger partial charge in [0.25, 0.3) is 22.7 Å². The monoisotopic (exact) mass is 533 g/mol. The first-order chi connectivity index (χ1) is 18.2. The number of nitrogens with one attached hydrogen (secondary N) is 1. The van der Waals surface area contributed by atoms with Gasteiger partial charge in [-0.25, -0.2) is 0 Å². The smallest absolute Gasteiger partial charge is 0.293 e. The fourth-order valence-electron chi connectivity index (χ4n) is 3.65. The van der Waals surface area contributed by atoms with Crippen molar-refractivity contribution in [2.45, 2.75) is 13.5 Å². The number of imide groups is 1. The highest BCUT2D eigenvalue weighted by molar-refractivity contribution is 8.18. The quantitative estimate of drug-likeness (QED) is 0.227. The lowest BCUT2D eigenvalue weighted by molar-refractivity contribution is -0.385. The van der Waals surface area contributed by atoms with Gasteiger partial charge >= 0.3 is 0 Å². The molecule has 194 valence electrons. The Morgan fingerprint density at radius 3 is 2.53 bits per heavy atom. The largest absolute Gasteiger partial charge is 0.493 e. The number of methoxy groups -OCH3 is 1. The molecule has 1 aliphatic rings. The fraction of sp³-hybridized carbons (Fsp3) is 0.148. The van der Waals surface area contributed by atoms with E-state index in [-0.39, 0.29) is 35.2 Å².